The highest BCUT2D eigenvalue weighted by Gasteiger charge is 2.17. The van der Waals surface area contributed by atoms with Crippen molar-refractivity contribution in [1.29, 1.82) is 0 Å². The SMILES string of the molecule is Cc1nn(C)c(C)c1C(=O)Nc1cccc(CCl)c1. The molecule has 5 heteroatoms. The molecule has 0 saturated carbocycles. The molecule has 0 radical (unpaired) electrons. The Labute approximate surface area is 117 Å². The standard InChI is InChI=1S/C14H16ClN3O/c1-9-13(10(2)18(3)17-9)14(19)16-12-6-4-5-11(7-12)8-15/h4-7H,8H2,1-3H3,(H,16,19). The zero-order valence-electron chi connectivity index (χ0n) is 11.2. The number of anilines is 1. The molecular formula is C14H16ClN3O. The van der Waals surface area contributed by atoms with Gasteiger partial charge in [0.05, 0.1) is 11.3 Å². The van der Waals surface area contributed by atoms with Crippen LogP contribution in [0.15, 0.2) is 24.3 Å². The van der Waals surface area contributed by atoms with E-state index in [2.05, 4.69) is 10.4 Å². The van der Waals surface area contributed by atoms with Crippen molar-refractivity contribution in [1.82, 2.24) is 9.78 Å². The number of carbonyl (C=O) groups is 1. The Balaban J connectivity index is 2.25. The van der Waals surface area contributed by atoms with Crippen LogP contribution in [-0.4, -0.2) is 15.7 Å². The molecule has 1 aromatic heterocycles. The second-order valence-electron chi connectivity index (χ2n) is 4.46. The third kappa shape index (κ3) is 2.79. The molecule has 4 nitrogen and oxygen atoms in total. The molecule has 2 rings (SSSR count). The van der Waals surface area contributed by atoms with Gasteiger partial charge in [-0.25, -0.2) is 0 Å². The maximum atomic E-state index is 12.3. The van der Waals surface area contributed by atoms with Gasteiger partial charge in [0, 0.05) is 24.3 Å². The average Bonchev–Trinajstić information content (AvgIpc) is 2.63. The molecule has 19 heavy (non-hydrogen) atoms. The number of aromatic nitrogens is 2. The molecular weight excluding hydrogens is 262 g/mol. The first-order valence-corrected chi connectivity index (χ1v) is 6.53. The first kappa shape index (κ1) is 13.6. The van der Waals surface area contributed by atoms with Crippen molar-refractivity contribution in [3.63, 3.8) is 0 Å². The Morgan fingerprint density at radius 3 is 2.74 bits per heavy atom. The first-order chi connectivity index (χ1) is 9.02. The molecule has 1 amide bonds. The van der Waals surface area contributed by atoms with Gasteiger partial charge in [-0.1, -0.05) is 12.1 Å². The van der Waals surface area contributed by atoms with Crippen molar-refractivity contribution in [3.05, 3.63) is 46.8 Å². The second kappa shape index (κ2) is 5.45. The summed E-state index contributed by atoms with van der Waals surface area (Å²) in [5.41, 5.74) is 3.91. The highest BCUT2D eigenvalue weighted by atomic mass is 35.5. The van der Waals surface area contributed by atoms with Gasteiger partial charge in [0.25, 0.3) is 5.91 Å². The van der Waals surface area contributed by atoms with Gasteiger partial charge in [-0.2, -0.15) is 5.10 Å². The lowest BCUT2D eigenvalue weighted by molar-refractivity contribution is 0.102. The van der Waals surface area contributed by atoms with Crippen LogP contribution in [0, 0.1) is 13.8 Å². The summed E-state index contributed by atoms with van der Waals surface area (Å²) >= 11 is 5.78. The van der Waals surface area contributed by atoms with Gasteiger partial charge in [-0.15, -0.1) is 11.6 Å². The summed E-state index contributed by atoms with van der Waals surface area (Å²) in [6.45, 7) is 3.71. The Morgan fingerprint density at radius 1 is 1.42 bits per heavy atom. The predicted octanol–water partition coefficient (Wildman–Crippen LogP) is 3.03. The summed E-state index contributed by atoms with van der Waals surface area (Å²) in [7, 11) is 1.83. The molecule has 0 spiro atoms. The van der Waals surface area contributed by atoms with Gasteiger partial charge in [0.2, 0.25) is 0 Å². The smallest absolute Gasteiger partial charge is 0.259 e. The zero-order valence-corrected chi connectivity index (χ0v) is 12.0. The van der Waals surface area contributed by atoms with Gasteiger partial charge in [-0.3, -0.25) is 9.48 Å². The van der Waals surface area contributed by atoms with Crippen LogP contribution in [0.5, 0.6) is 0 Å². The van der Waals surface area contributed by atoms with E-state index in [0.717, 1.165) is 22.6 Å². The van der Waals surface area contributed by atoms with Crippen LogP contribution in [0.3, 0.4) is 0 Å². The van der Waals surface area contributed by atoms with Gasteiger partial charge < -0.3 is 5.32 Å². The Hall–Kier alpha value is -1.81. The molecule has 0 atom stereocenters. The van der Waals surface area contributed by atoms with E-state index in [9.17, 15) is 4.79 Å². The number of hydrogen-bond donors (Lipinski definition) is 1. The molecule has 0 aliphatic carbocycles. The summed E-state index contributed by atoms with van der Waals surface area (Å²) in [6.07, 6.45) is 0. The van der Waals surface area contributed by atoms with Crippen LogP contribution in [0.2, 0.25) is 0 Å². The van der Waals surface area contributed by atoms with E-state index in [1.807, 2.05) is 45.2 Å². The van der Waals surface area contributed by atoms with Gasteiger partial charge in [-0.05, 0) is 31.5 Å². The molecule has 100 valence electrons. The second-order valence-corrected chi connectivity index (χ2v) is 4.72. The summed E-state index contributed by atoms with van der Waals surface area (Å²) in [5, 5.41) is 7.12. The van der Waals surface area contributed by atoms with Crippen molar-refractivity contribution in [3.8, 4) is 0 Å². The number of aryl methyl sites for hydroxylation is 2. The third-order valence-corrected chi connectivity index (χ3v) is 3.38. The number of alkyl halides is 1. The normalized spacial score (nSPS) is 10.5. The fourth-order valence-electron chi connectivity index (χ4n) is 2.03. The van der Waals surface area contributed by atoms with Gasteiger partial charge in [0.15, 0.2) is 0 Å². The Bertz CT molecular complexity index is 619. The fraction of sp³-hybridized carbons (Fsp3) is 0.286. The number of nitrogens with zero attached hydrogens (tertiary/aromatic N) is 2. The number of hydrogen-bond acceptors (Lipinski definition) is 2. The van der Waals surface area contributed by atoms with E-state index in [4.69, 9.17) is 11.6 Å². The fourth-order valence-corrected chi connectivity index (χ4v) is 2.19. The molecule has 0 unspecified atom stereocenters. The molecule has 1 aromatic carbocycles. The van der Waals surface area contributed by atoms with Crippen LogP contribution in [0.25, 0.3) is 0 Å². The number of rotatable bonds is 3. The quantitative estimate of drug-likeness (QED) is 0.877. The summed E-state index contributed by atoms with van der Waals surface area (Å²) < 4.78 is 1.71. The summed E-state index contributed by atoms with van der Waals surface area (Å²) in [5.74, 6) is 0.282. The predicted molar refractivity (Wildman–Crippen MR) is 76.6 cm³/mol. The molecule has 0 aliphatic rings. The summed E-state index contributed by atoms with van der Waals surface area (Å²) in [6, 6.07) is 7.50. The van der Waals surface area contributed by atoms with E-state index in [0.29, 0.717) is 11.4 Å². The van der Waals surface area contributed by atoms with E-state index >= 15 is 0 Å². The van der Waals surface area contributed by atoms with Crippen molar-refractivity contribution in [2.45, 2.75) is 19.7 Å². The van der Waals surface area contributed by atoms with E-state index in [1.54, 1.807) is 4.68 Å². The molecule has 0 aliphatic heterocycles. The van der Waals surface area contributed by atoms with Crippen molar-refractivity contribution < 1.29 is 4.79 Å². The minimum Gasteiger partial charge on any atom is -0.322 e. The molecule has 1 heterocycles. The van der Waals surface area contributed by atoms with Gasteiger partial charge >= 0.3 is 0 Å². The van der Waals surface area contributed by atoms with Crippen LogP contribution in [0.1, 0.15) is 27.3 Å². The topological polar surface area (TPSA) is 46.9 Å². The zero-order chi connectivity index (χ0) is 14.0. The largest absolute Gasteiger partial charge is 0.322 e. The first-order valence-electron chi connectivity index (χ1n) is 5.99. The highest BCUT2D eigenvalue weighted by molar-refractivity contribution is 6.17. The van der Waals surface area contributed by atoms with Crippen LogP contribution in [-0.2, 0) is 12.9 Å². The minimum absolute atomic E-state index is 0.144. The highest BCUT2D eigenvalue weighted by Crippen LogP contribution is 2.17. The lowest BCUT2D eigenvalue weighted by Crippen LogP contribution is -2.14. The van der Waals surface area contributed by atoms with Gasteiger partial charge in [0.1, 0.15) is 0 Å². The maximum absolute atomic E-state index is 12.3. The minimum atomic E-state index is -0.144. The van der Waals surface area contributed by atoms with Crippen molar-refractivity contribution in [2.75, 3.05) is 5.32 Å². The van der Waals surface area contributed by atoms with E-state index in [-0.39, 0.29) is 5.91 Å². The van der Waals surface area contributed by atoms with Crippen molar-refractivity contribution in [2.24, 2.45) is 7.05 Å². The number of nitrogens with one attached hydrogen (secondary N) is 1. The molecule has 0 saturated heterocycles. The molecule has 1 N–H and O–H groups in total. The maximum Gasteiger partial charge on any atom is 0.259 e. The van der Waals surface area contributed by atoms with Crippen LogP contribution >= 0.6 is 11.6 Å². The van der Waals surface area contributed by atoms with Crippen LogP contribution < -0.4 is 5.32 Å². The van der Waals surface area contributed by atoms with Crippen LogP contribution in [0.4, 0.5) is 5.69 Å². The Morgan fingerprint density at radius 2 is 2.16 bits per heavy atom. The lowest BCUT2D eigenvalue weighted by atomic mass is 10.1. The van der Waals surface area contributed by atoms with E-state index in [1.165, 1.54) is 0 Å². The molecule has 0 bridgehead atoms. The monoisotopic (exact) mass is 277 g/mol. The average molecular weight is 278 g/mol. The van der Waals surface area contributed by atoms with E-state index < -0.39 is 0 Å². The Kier molecular flexibility index (Phi) is 3.90. The molecule has 0 fully saturated rings. The lowest BCUT2D eigenvalue weighted by Gasteiger charge is -2.06. The molecule has 2 aromatic rings. The van der Waals surface area contributed by atoms with Crippen molar-refractivity contribution >= 4 is 23.2 Å². The number of benzene rings is 1. The number of halogens is 1. The summed E-state index contributed by atoms with van der Waals surface area (Å²) in [4.78, 5) is 12.3. The third-order valence-electron chi connectivity index (χ3n) is 3.08. The number of amides is 1. The number of carbonyl (C=O) groups excluding carboxylic acids is 1.